The van der Waals surface area contributed by atoms with Crippen LogP contribution in [0, 0.1) is 20.8 Å². The fraction of sp³-hybridized carbons (Fsp3) is 0.226. The van der Waals surface area contributed by atoms with Crippen molar-refractivity contribution in [3.8, 4) is 5.75 Å². The Morgan fingerprint density at radius 1 is 0.676 bits per heavy atom. The van der Waals surface area contributed by atoms with Crippen LogP contribution in [0.4, 0.5) is 0 Å². The quantitative estimate of drug-likeness (QED) is 0.232. The molecule has 0 N–H and O–H groups in total. The summed E-state index contributed by atoms with van der Waals surface area (Å²) in [6, 6.07) is 34.3. The summed E-state index contributed by atoms with van der Waals surface area (Å²) in [5, 5.41) is 3.57. The van der Waals surface area contributed by atoms with Gasteiger partial charge in [0.1, 0.15) is 0 Å². The van der Waals surface area contributed by atoms with Crippen LogP contribution in [0.1, 0.15) is 35.6 Å². The van der Waals surface area contributed by atoms with E-state index >= 15 is 0 Å². The van der Waals surface area contributed by atoms with Crippen molar-refractivity contribution < 1.29 is 4.74 Å². The molecule has 0 aliphatic carbocycles. The zero-order chi connectivity index (χ0) is 24.2. The second-order valence-corrected chi connectivity index (χ2v) is 15.6. The molecule has 0 bridgehead atoms. The Labute approximate surface area is 209 Å². The molecule has 0 spiro atoms. The van der Waals surface area contributed by atoms with E-state index in [4.69, 9.17) is 16.0 Å². The van der Waals surface area contributed by atoms with E-state index < -0.39 is 5.96 Å². The van der Waals surface area contributed by atoms with Crippen molar-refractivity contribution >= 4 is 33.1 Å². The van der Waals surface area contributed by atoms with Gasteiger partial charge < -0.3 is 0 Å². The van der Waals surface area contributed by atoms with E-state index in [1.165, 1.54) is 38.2 Å². The molecule has 0 fully saturated rings. The first-order valence-corrected chi connectivity index (χ1v) is 15.3. The van der Waals surface area contributed by atoms with Gasteiger partial charge in [0.05, 0.1) is 0 Å². The molecule has 0 radical (unpaired) electrons. The van der Waals surface area contributed by atoms with Crippen LogP contribution in [0.5, 0.6) is 5.75 Å². The summed E-state index contributed by atoms with van der Waals surface area (Å²) in [4.78, 5) is 0. The van der Waals surface area contributed by atoms with E-state index in [9.17, 15) is 0 Å². The Kier molecular flexibility index (Phi) is 7.17. The molecule has 1 nitrogen and oxygen atoms in total. The summed E-state index contributed by atoms with van der Waals surface area (Å²) >= 11 is 8.33. The maximum atomic E-state index is 8.33. The number of hydrogen-bond acceptors (Lipinski definition) is 1. The van der Waals surface area contributed by atoms with E-state index in [-0.39, 0.29) is 0 Å². The average molecular weight is 489 g/mol. The second kappa shape index (κ2) is 9.95. The first kappa shape index (κ1) is 24.5. The fourth-order valence-corrected chi connectivity index (χ4v) is 11.2. The first-order chi connectivity index (χ1) is 16.4. The number of hydrogen-bond donors (Lipinski definition) is 0. The topological polar surface area (TPSA) is 9.23 Å². The van der Waals surface area contributed by atoms with Crippen molar-refractivity contribution in [2.24, 2.45) is 0 Å². The molecular formula is C31H34ClOP. The molecule has 3 heteroatoms. The number of aryl methyl sites for hydroxylation is 1. The third-order valence-corrected chi connectivity index (χ3v) is 14.2. The Hall–Kier alpha value is -2.60. The van der Waals surface area contributed by atoms with Crippen molar-refractivity contribution in [2.75, 3.05) is 6.61 Å². The molecular weight excluding hydrogens is 455 g/mol. The Morgan fingerprint density at radius 2 is 1.12 bits per heavy atom. The summed E-state index contributed by atoms with van der Waals surface area (Å²) in [6.45, 7) is 9.45. The van der Waals surface area contributed by atoms with Crippen LogP contribution < -0.4 is 20.7 Å². The van der Waals surface area contributed by atoms with Crippen molar-refractivity contribution in [3.63, 3.8) is 0 Å². The predicted octanol–water partition coefficient (Wildman–Crippen LogP) is 7.58. The Balaban J connectivity index is 2.04. The Morgan fingerprint density at radius 3 is 1.53 bits per heavy atom. The molecule has 0 amide bonds. The molecule has 0 aliphatic rings. The van der Waals surface area contributed by atoms with Gasteiger partial charge in [-0.1, -0.05) is 0 Å². The van der Waals surface area contributed by atoms with Gasteiger partial charge in [0.2, 0.25) is 0 Å². The van der Waals surface area contributed by atoms with Gasteiger partial charge in [-0.15, -0.1) is 0 Å². The van der Waals surface area contributed by atoms with Gasteiger partial charge in [0, 0.05) is 0 Å². The van der Waals surface area contributed by atoms with Crippen molar-refractivity contribution in [1.82, 2.24) is 0 Å². The molecule has 4 rings (SSSR count). The molecule has 34 heavy (non-hydrogen) atoms. The minimum atomic E-state index is -3.38. The second-order valence-electron chi connectivity index (χ2n) is 9.12. The molecule has 0 unspecified atom stereocenters. The van der Waals surface area contributed by atoms with Crippen LogP contribution in [-0.2, 0) is 6.16 Å². The van der Waals surface area contributed by atoms with Gasteiger partial charge >= 0.3 is 210 Å². The molecule has 0 saturated carbocycles. The molecule has 0 heterocycles. The van der Waals surface area contributed by atoms with E-state index in [1.807, 2.05) is 0 Å². The zero-order valence-corrected chi connectivity index (χ0v) is 22.2. The van der Waals surface area contributed by atoms with Crippen LogP contribution in [0.2, 0.25) is 0 Å². The number of benzene rings is 4. The van der Waals surface area contributed by atoms with Gasteiger partial charge in [0.15, 0.2) is 0 Å². The maximum absolute atomic E-state index is 8.33. The van der Waals surface area contributed by atoms with Gasteiger partial charge in [-0.05, 0) is 0 Å². The molecule has 0 aromatic heterocycles. The molecule has 176 valence electrons. The van der Waals surface area contributed by atoms with Gasteiger partial charge in [-0.25, -0.2) is 0 Å². The van der Waals surface area contributed by atoms with Crippen molar-refractivity contribution in [3.05, 3.63) is 119 Å². The third kappa shape index (κ3) is 4.17. The number of rotatable bonds is 8. The SMILES string of the molecule is CCCOc1cc(C)c(CP(Cl)(c2ccccc2)(c2ccccc2)c2ccccc2)c(C)c1C. The van der Waals surface area contributed by atoms with Crippen LogP contribution in [0.3, 0.4) is 0 Å². The summed E-state index contributed by atoms with van der Waals surface area (Å²) in [5.41, 5.74) is 5.01. The van der Waals surface area contributed by atoms with Crippen LogP contribution in [0.25, 0.3) is 0 Å². The molecule has 0 atom stereocenters. The van der Waals surface area contributed by atoms with Crippen LogP contribution in [-0.4, -0.2) is 6.61 Å². The molecule has 0 saturated heterocycles. The summed E-state index contributed by atoms with van der Waals surface area (Å²) < 4.78 is 6.09. The third-order valence-electron chi connectivity index (χ3n) is 7.01. The minimum absolute atomic E-state index is 0.728. The summed E-state index contributed by atoms with van der Waals surface area (Å²) in [6.07, 6.45) is 1.74. The van der Waals surface area contributed by atoms with E-state index in [0.29, 0.717) is 0 Å². The van der Waals surface area contributed by atoms with Crippen molar-refractivity contribution in [1.29, 1.82) is 0 Å². The zero-order valence-electron chi connectivity index (χ0n) is 20.6. The van der Waals surface area contributed by atoms with E-state index in [0.717, 1.165) is 24.9 Å². The average Bonchev–Trinajstić information content (AvgIpc) is 2.89. The molecule has 0 aliphatic heterocycles. The summed E-state index contributed by atoms with van der Waals surface area (Å²) in [7, 11) is 0. The normalized spacial score (nSPS) is 12.7. The van der Waals surface area contributed by atoms with Crippen molar-refractivity contribution in [2.45, 2.75) is 40.3 Å². The monoisotopic (exact) mass is 488 g/mol. The van der Waals surface area contributed by atoms with Gasteiger partial charge in [-0.2, -0.15) is 0 Å². The summed E-state index contributed by atoms with van der Waals surface area (Å²) in [5.74, 6) is -2.40. The molecule has 4 aromatic carbocycles. The van der Waals surface area contributed by atoms with Crippen LogP contribution >= 0.6 is 17.2 Å². The standard InChI is InChI=1S/C31H34ClOP/c1-5-21-33-31-22-24(2)30(25(3)26(31)4)23-34(32,27-15-9-6-10-16-27,28-17-11-7-12-18-28)29-19-13-8-14-20-29/h6-20,22H,5,21,23H2,1-4H3. The number of halogens is 1. The number of ether oxygens (including phenoxy) is 1. The predicted molar refractivity (Wildman–Crippen MR) is 151 cm³/mol. The van der Waals surface area contributed by atoms with Crippen LogP contribution in [0.15, 0.2) is 97.1 Å². The fourth-order valence-electron chi connectivity index (χ4n) is 4.94. The Bertz CT molecular complexity index is 1150. The van der Waals surface area contributed by atoms with E-state index in [2.05, 4.69) is 125 Å². The van der Waals surface area contributed by atoms with E-state index in [1.54, 1.807) is 0 Å². The van der Waals surface area contributed by atoms with Gasteiger partial charge in [-0.3, -0.25) is 0 Å². The van der Waals surface area contributed by atoms with Gasteiger partial charge in [0.25, 0.3) is 0 Å². The first-order valence-electron chi connectivity index (χ1n) is 12.0. The molecule has 4 aromatic rings.